The van der Waals surface area contributed by atoms with Crippen molar-refractivity contribution in [3.05, 3.63) is 101 Å². The Morgan fingerprint density at radius 3 is 2.20 bits per heavy atom. The van der Waals surface area contributed by atoms with Crippen LogP contribution in [0.1, 0.15) is 132 Å². The molecule has 2 bridgehead atoms. The lowest BCUT2D eigenvalue weighted by Crippen LogP contribution is -2.61. The molecule has 4 aliphatic heterocycles. The number of methoxy groups -OCH3 is 3. The van der Waals surface area contributed by atoms with Gasteiger partial charge in [0.05, 0.1) is 35.8 Å². The standard InChI is InChI=1S/C51H79NO13.C16H13ClN2O2/c1-30-16-12-11-13-17-31(2)42(61-8)28-38-21-19-36(7)51(60,65-38)48(57)49(58)52-23-15-14-18-39(52)50(59)64-43(33(4)26-37-20-22-40(53)44(27-37)62-9)29-41(54)32(3)25-35(6)46(56)47(63-10)45(55)34(5)24-30;1-18-13-8-7-11(17)9-14(13)19(16(21)10-15(18)20)12-5-3-2-4-6-12/h11-13,16-17,25,30,32-34,36-40,42-44,46-47,53,56,60H,14-15,18-24,26-29H2,1-10H3;2-9H,10H2,1H3/b13-11+,16-12+,31-17+,35-25+;/t30-,32-,33-,34-,36-,37+,38+,39+,40-,42+,43+,44-,46-,47+,51-;/m1./s1. The predicted molar refractivity (Wildman–Crippen MR) is 328 cm³/mol. The van der Waals surface area contributed by atoms with Crippen LogP contribution in [0.25, 0.3) is 0 Å². The van der Waals surface area contributed by atoms with Crippen molar-refractivity contribution in [3.8, 4) is 0 Å². The van der Waals surface area contributed by atoms with Crippen LogP contribution in [0.4, 0.5) is 17.1 Å². The van der Waals surface area contributed by atoms with Crippen LogP contribution in [0.15, 0.2) is 96.1 Å². The third-order valence-corrected chi connectivity index (χ3v) is 18.2. The highest BCUT2D eigenvalue weighted by Gasteiger charge is 2.53. The van der Waals surface area contributed by atoms with Crippen LogP contribution in [0, 0.1) is 35.5 Å². The van der Waals surface area contributed by atoms with Crippen molar-refractivity contribution < 1.29 is 72.6 Å². The van der Waals surface area contributed by atoms with E-state index in [4.69, 9.17) is 35.3 Å². The minimum atomic E-state index is -2.43. The molecule has 7 rings (SSSR count). The first-order valence-corrected chi connectivity index (χ1v) is 30.8. The average molecular weight is 1210 g/mol. The van der Waals surface area contributed by atoms with Crippen LogP contribution in [-0.2, 0) is 57.2 Å². The zero-order chi connectivity index (χ0) is 63.2. The second-order valence-electron chi connectivity index (χ2n) is 24.4. The van der Waals surface area contributed by atoms with Gasteiger partial charge in [0.15, 0.2) is 5.78 Å². The first-order chi connectivity index (χ1) is 40.8. The zero-order valence-corrected chi connectivity index (χ0v) is 52.8. The number of halogens is 1. The number of carbonyl (C=O) groups excluding carboxylic acids is 7. The van der Waals surface area contributed by atoms with Gasteiger partial charge in [-0.3, -0.25) is 33.7 Å². The Balaban J connectivity index is 0.000000467. The maximum absolute atomic E-state index is 14.4. The van der Waals surface area contributed by atoms with Crippen molar-refractivity contribution in [1.29, 1.82) is 0 Å². The fraction of sp³-hybridized carbons (Fsp3) is 0.597. The number of piperidine rings is 1. The van der Waals surface area contributed by atoms with Crippen LogP contribution in [0.3, 0.4) is 0 Å². The summed E-state index contributed by atoms with van der Waals surface area (Å²) in [4.78, 5) is 99.4. The number of cyclic esters (lactones) is 1. The number of allylic oxidation sites excluding steroid dienone is 6. The summed E-state index contributed by atoms with van der Waals surface area (Å²) in [5.74, 6) is -8.46. The SMILES string of the molecule is CN1C(=O)CC(=O)N(c2ccccc2)c2cc(Cl)ccc21.CO[C@H]1C[C@@H]2CC[C@@H](C)[C@@](O)(O2)C(=O)C(=O)N2CCCC[C@H]2C(=O)O[C@H]([C@H](C)C[C@@H]2CC[C@@H](O)[C@H](OC)C2)CC(=O)[C@H](C)/C=C(\C)[C@@H](O)[C@@H](OC)C(=O)[C@H](C)C[C@H](C)/C=C/C=C/C=C/1C. The van der Waals surface area contributed by atoms with Crippen molar-refractivity contribution in [2.45, 2.75) is 186 Å². The highest BCUT2D eigenvalue weighted by molar-refractivity contribution is 6.39. The van der Waals surface area contributed by atoms with Gasteiger partial charge in [-0.15, -0.1) is 0 Å². The summed E-state index contributed by atoms with van der Waals surface area (Å²) in [6.45, 7) is 12.7. The minimum Gasteiger partial charge on any atom is -0.460 e. The van der Waals surface area contributed by atoms with Crippen molar-refractivity contribution in [1.82, 2.24) is 4.90 Å². The molecule has 4 heterocycles. The molecule has 86 heavy (non-hydrogen) atoms. The number of Topliss-reactive ketones (excluding diaryl/α,β-unsaturated/α-hetero) is 3. The topological polar surface area (TPSA) is 236 Å². The van der Waals surface area contributed by atoms with Crippen molar-refractivity contribution in [2.24, 2.45) is 35.5 Å². The van der Waals surface area contributed by atoms with E-state index < -0.39 is 83.9 Å². The molecule has 0 aromatic heterocycles. The maximum Gasteiger partial charge on any atom is 0.329 e. The van der Waals surface area contributed by atoms with Gasteiger partial charge < -0.3 is 48.8 Å². The molecule has 19 heteroatoms. The molecule has 472 valence electrons. The molecule has 0 spiro atoms. The maximum atomic E-state index is 14.4. The Kier molecular flexibility index (Phi) is 25.8. The van der Waals surface area contributed by atoms with E-state index >= 15 is 0 Å². The fourth-order valence-corrected chi connectivity index (χ4v) is 12.7. The molecule has 3 fully saturated rings. The van der Waals surface area contributed by atoms with E-state index in [-0.39, 0.29) is 73.0 Å². The smallest absolute Gasteiger partial charge is 0.329 e. The second-order valence-corrected chi connectivity index (χ2v) is 24.9. The third-order valence-electron chi connectivity index (χ3n) is 18.0. The summed E-state index contributed by atoms with van der Waals surface area (Å²) in [6.07, 6.45) is 11.0. The van der Waals surface area contributed by atoms with Crippen molar-refractivity contribution in [3.63, 3.8) is 0 Å². The summed E-state index contributed by atoms with van der Waals surface area (Å²) in [5, 5.41) is 34.4. The number of ketones is 3. The fourth-order valence-electron chi connectivity index (χ4n) is 12.5. The van der Waals surface area contributed by atoms with E-state index in [1.165, 1.54) is 16.9 Å². The Morgan fingerprint density at radius 1 is 0.791 bits per heavy atom. The van der Waals surface area contributed by atoms with E-state index in [1.807, 2.05) is 88.4 Å². The highest BCUT2D eigenvalue weighted by Crippen LogP contribution is 2.41. The molecular weight excluding hydrogens is 1120 g/mol. The van der Waals surface area contributed by atoms with Gasteiger partial charge in [-0.2, -0.15) is 0 Å². The van der Waals surface area contributed by atoms with Gasteiger partial charge in [0.25, 0.3) is 11.7 Å². The third kappa shape index (κ3) is 17.5. The predicted octanol–water partition coefficient (Wildman–Crippen LogP) is 9.55. The first kappa shape index (κ1) is 69.4. The first-order valence-electron chi connectivity index (χ1n) is 30.4. The largest absolute Gasteiger partial charge is 0.460 e. The number of aliphatic hydroxyl groups excluding tert-OH is 2. The molecule has 0 unspecified atom stereocenters. The number of aliphatic hydroxyl groups is 3. The number of ether oxygens (including phenoxy) is 5. The van der Waals surface area contributed by atoms with Crippen LogP contribution in [-0.4, -0.2) is 151 Å². The van der Waals surface area contributed by atoms with E-state index in [9.17, 15) is 48.9 Å². The Labute approximate surface area is 512 Å². The average Bonchev–Trinajstić information content (AvgIpc) is 3.53. The van der Waals surface area contributed by atoms with E-state index in [2.05, 4.69) is 0 Å². The Morgan fingerprint density at radius 2 is 1.51 bits per heavy atom. The number of hydrogen-bond donors (Lipinski definition) is 3. The number of esters is 1. The summed E-state index contributed by atoms with van der Waals surface area (Å²) >= 11 is 6.07. The van der Waals surface area contributed by atoms with Crippen LogP contribution >= 0.6 is 11.6 Å². The van der Waals surface area contributed by atoms with E-state index in [0.29, 0.717) is 85.4 Å². The van der Waals surface area contributed by atoms with Crippen molar-refractivity contribution in [2.75, 3.05) is 44.7 Å². The van der Waals surface area contributed by atoms with Gasteiger partial charge in [-0.1, -0.05) is 101 Å². The van der Waals surface area contributed by atoms with Crippen LogP contribution < -0.4 is 9.80 Å². The van der Waals surface area contributed by atoms with E-state index in [1.54, 1.807) is 71.2 Å². The number of fused-ring (bicyclic) bond motifs is 4. The molecule has 2 aromatic carbocycles. The number of nitrogens with zero attached hydrogens (tertiary/aromatic N) is 3. The van der Waals surface area contributed by atoms with Crippen LogP contribution in [0.5, 0.6) is 0 Å². The van der Waals surface area contributed by atoms with Gasteiger partial charge in [0.1, 0.15) is 36.6 Å². The number of rotatable bonds is 7. The lowest BCUT2D eigenvalue weighted by Gasteiger charge is -2.42. The zero-order valence-electron chi connectivity index (χ0n) is 52.0. The van der Waals surface area contributed by atoms with Gasteiger partial charge in [0.2, 0.25) is 17.6 Å². The molecule has 0 radical (unpaired) electrons. The number of hydrogen-bond acceptors (Lipinski definition) is 15. The number of anilines is 3. The van der Waals surface area contributed by atoms with Gasteiger partial charge in [0, 0.05) is 76.2 Å². The minimum absolute atomic E-state index is 0.0193. The van der Waals surface area contributed by atoms with E-state index in [0.717, 1.165) is 12.0 Å². The molecule has 1 saturated carbocycles. The van der Waals surface area contributed by atoms with Crippen LogP contribution in [0.2, 0.25) is 5.02 Å². The molecule has 1 aliphatic carbocycles. The quantitative estimate of drug-likeness (QED) is 0.101. The molecule has 2 saturated heterocycles. The molecule has 15 atom stereocenters. The normalized spacial score (nSPS) is 34.2. The summed E-state index contributed by atoms with van der Waals surface area (Å²) < 4.78 is 29.4. The van der Waals surface area contributed by atoms with Gasteiger partial charge in [-0.05, 0) is 137 Å². The number of benzene rings is 2. The molecular formula is C67H92ClN3O15. The Bertz CT molecular complexity index is 2820. The van der Waals surface area contributed by atoms with Gasteiger partial charge in [-0.25, -0.2) is 4.79 Å². The molecule has 3 N–H and O–H groups in total. The second kappa shape index (κ2) is 32.0. The number of amides is 3. The summed E-state index contributed by atoms with van der Waals surface area (Å²) in [6, 6.07) is 13.3. The summed E-state index contributed by atoms with van der Waals surface area (Å²) in [5.41, 5.74) is 3.27. The number of para-hydroxylation sites is 1. The molecule has 18 nitrogen and oxygen atoms in total. The number of carbonyl (C=O) groups is 7. The molecule has 5 aliphatic rings. The molecule has 2 aromatic rings. The van der Waals surface area contributed by atoms with Crippen molar-refractivity contribution >= 4 is 69.7 Å². The monoisotopic (exact) mass is 1210 g/mol. The molecule has 3 amide bonds. The highest BCUT2D eigenvalue weighted by atomic mass is 35.5. The van der Waals surface area contributed by atoms with Gasteiger partial charge >= 0.3 is 5.97 Å². The lowest BCUT2D eigenvalue weighted by atomic mass is 9.78. The lowest BCUT2D eigenvalue weighted by molar-refractivity contribution is -0.265. The summed E-state index contributed by atoms with van der Waals surface area (Å²) in [7, 11) is 6.18. The Hall–Kier alpha value is -5.70.